The molecule has 0 spiro atoms. The van der Waals surface area contributed by atoms with E-state index in [2.05, 4.69) is 15.3 Å². The fourth-order valence-corrected chi connectivity index (χ4v) is 3.25. The molecular formula is C16H23F3N4O. The van der Waals surface area contributed by atoms with Crippen molar-refractivity contribution in [3.63, 3.8) is 0 Å². The smallest absolute Gasteiger partial charge is 0.352 e. The minimum absolute atomic E-state index is 0.288. The molecule has 1 saturated carbocycles. The molecule has 134 valence electrons. The maximum atomic E-state index is 13.0. The third kappa shape index (κ3) is 3.91. The summed E-state index contributed by atoms with van der Waals surface area (Å²) in [6, 6.07) is 0.745. The van der Waals surface area contributed by atoms with Crippen molar-refractivity contribution in [1.82, 2.24) is 20.0 Å². The number of nitrogens with zero attached hydrogens (tertiary/aromatic N) is 3. The zero-order chi connectivity index (χ0) is 17.3. The molecule has 1 aliphatic carbocycles. The van der Waals surface area contributed by atoms with E-state index >= 15 is 0 Å². The summed E-state index contributed by atoms with van der Waals surface area (Å²) in [4.78, 5) is 14.7. The van der Waals surface area contributed by atoms with Gasteiger partial charge in [-0.05, 0) is 51.6 Å². The summed E-state index contributed by atoms with van der Waals surface area (Å²) < 4.78 is 40.2. The van der Waals surface area contributed by atoms with Gasteiger partial charge in [0.25, 0.3) is 5.91 Å². The average molecular weight is 344 g/mol. The van der Waals surface area contributed by atoms with Gasteiger partial charge in [-0.15, -0.1) is 0 Å². The molecule has 24 heavy (non-hydrogen) atoms. The molecule has 8 heteroatoms. The number of hydrogen-bond acceptors (Lipinski definition) is 3. The Labute approximate surface area is 139 Å². The summed E-state index contributed by atoms with van der Waals surface area (Å²) in [6.07, 6.45) is 1.08. The number of carbonyl (C=O) groups is 1. The Morgan fingerprint density at radius 3 is 2.50 bits per heavy atom. The summed E-state index contributed by atoms with van der Waals surface area (Å²) in [5.41, 5.74) is -1.50. The number of alkyl halides is 3. The van der Waals surface area contributed by atoms with Gasteiger partial charge in [0, 0.05) is 25.3 Å². The Balaban J connectivity index is 1.56. The highest BCUT2D eigenvalue weighted by atomic mass is 19.4. The number of aryl methyl sites for hydroxylation is 1. The highest BCUT2D eigenvalue weighted by molar-refractivity contribution is 5.95. The molecule has 0 unspecified atom stereocenters. The maximum absolute atomic E-state index is 13.0. The van der Waals surface area contributed by atoms with Crippen LogP contribution < -0.4 is 5.32 Å². The summed E-state index contributed by atoms with van der Waals surface area (Å²) in [7, 11) is 0. The average Bonchev–Trinajstić information content (AvgIpc) is 3.30. The number of piperidine rings is 1. The molecule has 1 saturated heterocycles. The van der Waals surface area contributed by atoms with Gasteiger partial charge in [0.15, 0.2) is 5.69 Å². The van der Waals surface area contributed by atoms with Gasteiger partial charge >= 0.3 is 6.18 Å². The van der Waals surface area contributed by atoms with Crippen molar-refractivity contribution in [2.75, 3.05) is 19.6 Å². The lowest BCUT2D eigenvalue weighted by Gasteiger charge is -2.32. The molecule has 3 rings (SSSR count). The largest absolute Gasteiger partial charge is 0.435 e. The van der Waals surface area contributed by atoms with Crippen LogP contribution in [0.4, 0.5) is 13.2 Å². The van der Waals surface area contributed by atoms with Gasteiger partial charge in [0.05, 0.1) is 5.56 Å². The second-order valence-electron chi connectivity index (χ2n) is 6.67. The quantitative estimate of drug-likeness (QED) is 0.893. The Kier molecular flexibility index (Phi) is 4.85. The van der Waals surface area contributed by atoms with Crippen LogP contribution >= 0.6 is 0 Å². The summed E-state index contributed by atoms with van der Waals surface area (Å²) in [5, 5.41) is 6.14. The minimum Gasteiger partial charge on any atom is -0.352 e. The molecule has 1 aromatic rings. The molecule has 0 atom stereocenters. The number of hydrogen-bond donors (Lipinski definition) is 1. The van der Waals surface area contributed by atoms with Gasteiger partial charge in [0.2, 0.25) is 0 Å². The number of carbonyl (C=O) groups excluding carboxylic acids is 1. The van der Waals surface area contributed by atoms with Crippen molar-refractivity contribution in [1.29, 1.82) is 0 Å². The first-order chi connectivity index (χ1) is 11.4. The summed E-state index contributed by atoms with van der Waals surface area (Å²) >= 11 is 0. The van der Waals surface area contributed by atoms with Crippen molar-refractivity contribution in [2.24, 2.45) is 5.92 Å². The topological polar surface area (TPSA) is 50.2 Å². The second-order valence-corrected chi connectivity index (χ2v) is 6.67. The summed E-state index contributed by atoms with van der Waals surface area (Å²) in [6.45, 7) is 4.43. The lowest BCUT2D eigenvalue weighted by molar-refractivity contribution is -0.141. The highest BCUT2D eigenvalue weighted by Gasteiger charge is 2.39. The minimum atomic E-state index is -4.62. The van der Waals surface area contributed by atoms with Gasteiger partial charge in [-0.2, -0.15) is 18.3 Å². The van der Waals surface area contributed by atoms with E-state index in [4.69, 9.17) is 0 Å². The van der Waals surface area contributed by atoms with Crippen LogP contribution in [0, 0.1) is 5.92 Å². The predicted octanol–water partition coefficient (Wildman–Crippen LogP) is 2.53. The van der Waals surface area contributed by atoms with E-state index in [9.17, 15) is 18.0 Å². The van der Waals surface area contributed by atoms with Crippen LogP contribution in [0.25, 0.3) is 0 Å². The number of rotatable bonds is 5. The van der Waals surface area contributed by atoms with Gasteiger partial charge in [-0.3, -0.25) is 9.48 Å². The van der Waals surface area contributed by atoms with Crippen LogP contribution in [0.1, 0.15) is 48.7 Å². The predicted molar refractivity (Wildman–Crippen MR) is 82.6 cm³/mol. The van der Waals surface area contributed by atoms with Crippen LogP contribution in [0.3, 0.4) is 0 Å². The molecule has 1 aliphatic heterocycles. The molecule has 2 heterocycles. The van der Waals surface area contributed by atoms with Gasteiger partial charge in [-0.25, -0.2) is 0 Å². The second kappa shape index (κ2) is 6.74. The van der Waals surface area contributed by atoms with Gasteiger partial charge in [0.1, 0.15) is 0 Å². The Morgan fingerprint density at radius 1 is 1.29 bits per heavy atom. The zero-order valence-electron chi connectivity index (χ0n) is 13.8. The van der Waals surface area contributed by atoms with E-state index < -0.39 is 17.8 Å². The number of nitrogens with one attached hydrogen (secondary N) is 1. The standard InChI is InChI=1S/C16H23F3N4O/c1-2-23-10-13(14(21-23)16(17,18)19)15(24)20-9-11-5-7-22(8-6-11)12-3-4-12/h10-12H,2-9H2,1H3,(H,20,24). The number of aromatic nitrogens is 2. The monoisotopic (exact) mass is 344 g/mol. The van der Waals surface area contributed by atoms with E-state index in [1.807, 2.05) is 0 Å². The van der Waals surface area contributed by atoms with Crippen molar-refractivity contribution >= 4 is 5.91 Å². The number of halogens is 3. The first kappa shape index (κ1) is 17.3. The zero-order valence-corrected chi connectivity index (χ0v) is 13.8. The SMILES string of the molecule is CCn1cc(C(=O)NCC2CCN(C3CC3)CC2)c(C(F)(F)F)n1. The Hall–Kier alpha value is -1.57. The number of amides is 1. The molecular weight excluding hydrogens is 321 g/mol. The van der Waals surface area contributed by atoms with E-state index in [0.29, 0.717) is 12.5 Å². The fraction of sp³-hybridized carbons (Fsp3) is 0.750. The molecule has 1 N–H and O–H groups in total. The van der Waals surface area contributed by atoms with Crippen molar-refractivity contribution in [3.8, 4) is 0 Å². The van der Waals surface area contributed by atoms with E-state index in [0.717, 1.165) is 36.7 Å². The first-order valence-electron chi connectivity index (χ1n) is 8.55. The number of likely N-dealkylation sites (tertiary alicyclic amines) is 1. The first-order valence-corrected chi connectivity index (χ1v) is 8.55. The third-order valence-corrected chi connectivity index (χ3v) is 4.86. The lowest BCUT2D eigenvalue weighted by Crippen LogP contribution is -2.39. The molecule has 2 aliphatic rings. The highest BCUT2D eigenvalue weighted by Crippen LogP contribution is 2.32. The van der Waals surface area contributed by atoms with Crippen LogP contribution in [0.5, 0.6) is 0 Å². The van der Waals surface area contributed by atoms with Crippen molar-refractivity contribution < 1.29 is 18.0 Å². The normalized spacial score (nSPS) is 20.3. The molecule has 1 aromatic heterocycles. The van der Waals surface area contributed by atoms with E-state index in [1.54, 1.807) is 6.92 Å². The van der Waals surface area contributed by atoms with Gasteiger partial charge < -0.3 is 10.2 Å². The molecule has 0 bridgehead atoms. The summed E-state index contributed by atoms with van der Waals surface area (Å²) in [5.74, 6) is -0.355. The van der Waals surface area contributed by atoms with E-state index in [-0.39, 0.29) is 12.1 Å². The maximum Gasteiger partial charge on any atom is 0.435 e. The molecule has 2 fully saturated rings. The van der Waals surface area contributed by atoms with Crippen LogP contribution in [-0.4, -0.2) is 46.3 Å². The van der Waals surface area contributed by atoms with Crippen molar-refractivity contribution in [2.45, 2.75) is 51.4 Å². The molecule has 0 aromatic carbocycles. The van der Waals surface area contributed by atoms with Crippen LogP contribution in [0.2, 0.25) is 0 Å². The lowest BCUT2D eigenvalue weighted by atomic mass is 9.96. The van der Waals surface area contributed by atoms with Crippen LogP contribution in [-0.2, 0) is 12.7 Å². The molecule has 1 amide bonds. The Morgan fingerprint density at radius 2 is 1.96 bits per heavy atom. The Bertz CT molecular complexity index is 587. The third-order valence-electron chi connectivity index (χ3n) is 4.86. The van der Waals surface area contributed by atoms with Crippen LogP contribution in [0.15, 0.2) is 6.20 Å². The van der Waals surface area contributed by atoms with E-state index in [1.165, 1.54) is 19.0 Å². The van der Waals surface area contributed by atoms with Crippen molar-refractivity contribution in [3.05, 3.63) is 17.5 Å². The molecule has 5 nitrogen and oxygen atoms in total. The van der Waals surface area contributed by atoms with Gasteiger partial charge in [-0.1, -0.05) is 0 Å². The fourth-order valence-electron chi connectivity index (χ4n) is 3.25. The molecule has 0 radical (unpaired) electrons.